The molecule has 0 aromatic heterocycles. The van der Waals surface area contributed by atoms with Crippen LogP contribution in [0, 0.1) is 0 Å². The summed E-state index contributed by atoms with van der Waals surface area (Å²) in [5.74, 6) is -0.597. The van der Waals surface area contributed by atoms with Crippen molar-refractivity contribution >= 4 is 23.3 Å². The molecule has 0 aliphatic heterocycles. The molecule has 0 saturated carbocycles. The Hall–Kier alpha value is -3.48. The van der Waals surface area contributed by atoms with E-state index in [4.69, 9.17) is 14.6 Å². The van der Waals surface area contributed by atoms with Gasteiger partial charge in [0.2, 0.25) is 0 Å². The molecule has 0 bridgehead atoms. The first kappa shape index (κ1) is 21.8. The lowest BCUT2D eigenvalue weighted by Crippen LogP contribution is -2.02. The van der Waals surface area contributed by atoms with E-state index in [2.05, 4.69) is 16.8 Å². The summed E-state index contributed by atoms with van der Waals surface area (Å²) in [5, 5.41) is 17.1. The van der Waals surface area contributed by atoms with Crippen molar-refractivity contribution in [3.8, 4) is 5.75 Å². The lowest BCUT2D eigenvalue weighted by Gasteiger charge is -2.06. The van der Waals surface area contributed by atoms with E-state index in [0.717, 1.165) is 31.4 Å². The molecule has 0 amide bonds. The van der Waals surface area contributed by atoms with Crippen LogP contribution in [0.1, 0.15) is 36.0 Å². The van der Waals surface area contributed by atoms with Crippen LogP contribution >= 0.6 is 0 Å². The van der Waals surface area contributed by atoms with E-state index >= 15 is 0 Å². The fourth-order valence-corrected chi connectivity index (χ4v) is 2.37. The Kier molecular flexibility index (Phi) is 9.08. The highest BCUT2D eigenvalue weighted by Crippen LogP contribution is 2.22. The maximum atomic E-state index is 10.9. The number of esters is 1. The Morgan fingerprint density at radius 3 is 1.97 bits per heavy atom. The van der Waals surface area contributed by atoms with Crippen LogP contribution in [0.15, 0.2) is 71.4 Å². The number of rotatable bonds is 12. The Labute approximate surface area is 169 Å². The van der Waals surface area contributed by atoms with Gasteiger partial charge in [0.25, 0.3) is 0 Å². The minimum Gasteiger partial charge on any atom is -0.494 e. The zero-order chi connectivity index (χ0) is 20.9. The minimum atomic E-state index is -0.974. The summed E-state index contributed by atoms with van der Waals surface area (Å²) in [6, 6.07) is 13.5. The van der Waals surface area contributed by atoms with Crippen molar-refractivity contribution in [3.05, 3.63) is 66.7 Å². The molecule has 2 aromatic carbocycles. The average Bonchev–Trinajstić information content (AvgIpc) is 2.75. The summed E-state index contributed by atoms with van der Waals surface area (Å²) in [6.07, 6.45) is 4.89. The Balaban J connectivity index is 1.66. The number of azo groups is 1. The third-order valence-corrected chi connectivity index (χ3v) is 3.95. The molecule has 0 heterocycles. The molecule has 2 rings (SSSR count). The van der Waals surface area contributed by atoms with E-state index in [1.54, 1.807) is 24.3 Å². The van der Waals surface area contributed by atoms with Crippen molar-refractivity contribution in [2.75, 3.05) is 13.2 Å². The first-order valence-electron chi connectivity index (χ1n) is 9.35. The number of aromatic carboxylic acids is 1. The number of hydrogen-bond donors (Lipinski definition) is 1. The number of benzene rings is 2. The standard InChI is InChI=1S/C22H24N2O5/c1-2-21(25)29-16-6-4-3-5-15-28-20-13-11-19(12-14-20)24-23-18-9-7-17(8-10-18)22(26)27/h2,7-14H,1,3-6,15-16H2,(H,26,27)/b24-23-. The Morgan fingerprint density at radius 1 is 0.862 bits per heavy atom. The van der Waals surface area contributed by atoms with E-state index in [1.165, 1.54) is 18.2 Å². The zero-order valence-corrected chi connectivity index (χ0v) is 16.1. The van der Waals surface area contributed by atoms with Crippen LogP contribution in [0.25, 0.3) is 0 Å². The molecule has 0 atom stereocenters. The molecule has 7 heteroatoms. The van der Waals surface area contributed by atoms with Crippen molar-refractivity contribution in [2.45, 2.75) is 25.7 Å². The minimum absolute atomic E-state index is 0.210. The Morgan fingerprint density at radius 2 is 1.41 bits per heavy atom. The number of carboxylic acid groups (broad SMARTS) is 1. The van der Waals surface area contributed by atoms with Gasteiger partial charge in [-0.15, -0.1) is 0 Å². The first-order chi connectivity index (χ1) is 14.1. The SMILES string of the molecule is C=CC(=O)OCCCCCCOc1ccc(/N=N\c2ccc(C(=O)O)cc2)cc1. The third kappa shape index (κ3) is 8.38. The van der Waals surface area contributed by atoms with Crippen LogP contribution in [0.4, 0.5) is 11.4 Å². The van der Waals surface area contributed by atoms with Crippen molar-refractivity contribution < 1.29 is 24.2 Å². The summed E-state index contributed by atoms with van der Waals surface area (Å²) >= 11 is 0. The second kappa shape index (κ2) is 12.1. The van der Waals surface area contributed by atoms with Gasteiger partial charge in [-0.3, -0.25) is 0 Å². The summed E-state index contributed by atoms with van der Waals surface area (Å²) in [7, 11) is 0. The highest BCUT2D eigenvalue weighted by atomic mass is 16.5. The van der Waals surface area contributed by atoms with Gasteiger partial charge in [-0.25, -0.2) is 9.59 Å². The normalized spacial score (nSPS) is 10.6. The van der Waals surface area contributed by atoms with Gasteiger partial charge < -0.3 is 14.6 Å². The maximum Gasteiger partial charge on any atom is 0.335 e. The molecule has 2 aromatic rings. The van der Waals surface area contributed by atoms with Gasteiger partial charge >= 0.3 is 11.9 Å². The molecule has 0 radical (unpaired) electrons. The second-order valence-electron chi connectivity index (χ2n) is 6.18. The monoisotopic (exact) mass is 396 g/mol. The molecule has 0 aliphatic rings. The predicted molar refractivity (Wildman–Crippen MR) is 109 cm³/mol. The molecular weight excluding hydrogens is 372 g/mol. The van der Waals surface area contributed by atoms with Crippen molar-refractivity contribution in [3.63, 3.8) is 0 Å². The number of nitrogens with zero attached hydrogens (tertiary/aromatic N) is 2. The number of carbonyl (C=O) groups is 2. The van der Waals surface area contributed by atoms with Crippen LogP contribution in [0.5, 0.6) is 5.75 Å². The Bertz CT molecular complexity index is 829. The smallest absolute Gasteiger partial charge is 0.335 e. The number of ether oxygens (including phenoxy) is 2. The number of unbranched alkanes of at least 4 members (excludes halogenated alkanes) is 3. The molecule has 0 fully saturated rings. The highest BCUT2D eigenvalue weighted by molar-refractivity contribution is 5.87. The van der Waals surface area contributed by atoms with Crippen LogP contribution in [0.3, 0.4) is 0 Å². The maximum absolute atomic E-state index is 10.9. The molecule has 7 nitrogen and oxygen atoms in total. The highest BCUT2D eigenvalue weighted by Gasteiger charge is 2.01. The number of carboxylic acids is 1. The quantitative estimate of drug-likeness (QED) is 0.222. The van der Waals surface area contributed by atoms with Gasteiger partial charge in [-0.1, -0.05) is 6.58 Å². The largest absolute Gasteiger partial charge is 0.494 e. The van der Waals surface area contributed by atoms with Gasteiger partial charge in [0, 0.05) is 6.08 Å². The number of hydrogen-bond acceptors (Lipinski definition) is 6. The first-order valence-corrected chi connectivity index (χ1v) is 9.35. The third-order valence-electron chi connectivity index (χ3n) is 3.95. The molecule has 0 spiro atoms. The van der Waals surface area contributed by atoms with Crippen molar-refractivity contribution in [2.24, 2.45) is 10.2 Å². The molecular formula is C22H24N2O5. The van der Waals surface area contributed by atoms with E-state index in [-0.39, 0.29) is 11.5 Å². The van der Waals surface area contributed by atoms with Crippen molar-refractivity contribution in [1.82, 2.24) is 0 Å². The van der Waals surface area contributed by atoms with Gasteiger partial charge in [0.05, 0.1) is 30.2 Å². The predicted octanol–water partition coefficient (Wildman–Crippen LogP) is 5.47. The van der Waals surface area contributed by atoms with Gasteiger partial charge in [-0.2, -0.15) is 10.2 Å². The molecule has 0 unspecified atom stereocenters. The molecule has 0 aliphatic carbocycles. The van der Waals surface area contributed by atoms with E-state index < -0.39 is 5.97 Å². The van der Waals surface area contributed by atoms with Crippen molar-refractivity contribution in [1.29, 1.82) is 0 Å². The van der Waals surface area contributed by atoms with Gasteiger partial charge in [-0.05, 0) is 74.2 Å². The summed E-state index contributed by atoms with van der Waals surface area (Å²) < 4.78 is 10.6. The van der Waals surface area contributed by atoms with E-state index in [1.807, 2.05) is 12.1 Å². The van der Waals surface area contributed by atoms with Crippen LogP contribution in [-0.2, 0) is 9.53 Å². The topological polar surface area (TPSA) is 97.5 Å². The summed E-state index contributed by atoms with van der Waals surface area (Å²) in [4.78, 5) is 21.7. The lowest BCUT2D eigenvalue weighted by atomic mass is 10.2. The van der Waals surface area contributed by atoms with Crippen LogP contribution in [-0.4, -0.2) is 30.3 Å². The fourth-order valence-electron chi connectivity index (χ4n) is 2.37. The van der Waals surface area contributed by atoms with Gasteiger partial charge in [0.15, 0.2) is 0 Å². The second-order valence-corrected chi connectivity index (χ2v) is 6.18. The van der Waals surface area contributed by atoms with Gasteiger partial charge in [0.1, 0.15) is 5.75 Å². The van der Waals surface area contributed by atoms with E-state index in [0.29, 0.717) is 24.6 Å². The molecule has 1 N–H and O–H groups in total. The summed E-state index contributed by atoms with van der Waals surface area (Å²) in [5.41, 5.74) is 1.46. The lowest BCUT2D eigenvalue weighted by molar-refractivity contribution is -0.137. The molecule has 0 saturated heterocycles. The summed E-state index contributed by atoms with van der Waals surface area (Å²) in [6.45, 7) is 4.38. The molecule has 152 valence electrons. The zero-order valence-electron chi connectivity index (χ0n) is 16.1. The molecule has 29 heavy (non-hydrogen) atoms. The fraction of sp³-hybridized carbons (Fsp3) is 0.273. The van der Waals surface area contributed by atoms with Crippen LogP contribution < -0.4 is 4.74 Å². The van der Waals surface area contributed by atoms with E-state index in [9.17, 15) is 9.59 Å². The number of carbonyl (C=O) groups excluding carboxylic acids is 1. The van der Waals surface area contributed by atoms with Crippen LogP contribution in [0.2, 0.25) is 0 Å². The average molecular weight is 396 g/mol.